The maximum absolute atomic E-state index is 13.6. The minimum Gasteiger partial charge on any atom is -0.491 e. The minimum atomic E-state index is -0.642. The first-order valence-corrected chi connectivity index (χ1v) is 48.2. The molecule has 40 nitrogen and oxygen atoms in total. The van der Waals surface area contributed by atoms with Gasteiger partial charge in [0.05, 0.1) is 129 Å². The summed E-state index contributed by atoms with van der Waals surface area (Å²) in [6, 6.07) is 17.1. The van der Waals surface area contributed by atoms with E-state index in [4.69, 9.17) is 59.2 Å². The second-order valence-corrected chi connectivity index (χ2v) is 34.8. The molecule has 7 aromatic heterocycles. The molecule has 1 aliphatic heterocycles. The van der Waals surface area contributed by atoms with Gasteiger partial charge in [0, 0.05) is 144 Å². The Balaban J connectivity index is 0.471. The average Bonchev–Trinajstić information content (AvgIpc) is 1.59. The topological polar surface area (TPSA) is 463 Å². The number of aryl methyl sites for hydroxylation is 7. The number of carbonyl (C=O) groups excluding carboxylic acids is 9. The zero-order valence-electron chi connectivity index (χ0n) is 80.5. The second-order valence-electron chi connectivity index (χ2n) is 33.2. The number of rotatable bonds is 66. The number of anilines is 6. The number of hydrogen-bond donors (Lipinski definition) is 10. The van der Waals surface area contributed by atoms with Crippen molar-refractivity contribution in [2.45, 2.75) is 149 Å². The number of carbonyl (C=O) groups is 9. The van der Waals surface area contributed by atoms with E-state index in [1.807, 2.05) is 35.8 Å². The summed E-state index contributed by atoms with van der Waals surface area (Å²) in [6.45, 7) is 19.1. The number of halogens is 1. The molecule has 0 fully saturated rings. The monoisotopic (exact) mass is 1950 g/mol. The van der Waals surface area contributed by atoms with Crippen LogP contribution in [0.5, 0.6) is 5.75 Å². The highest BCUT2D eigenvalue weighted by atomic mass is 35.5. The minimum absolute atomic E-state index is 0.00849. The van der Waals surface area contributed by atoms with Crippen LogP contribution in [0.15, 0.2) is 109 Å². The molecular formula is C96H133ClN22O18S. The molecule has 0 radical (unpaired) electrons. The Morgan fingerprint density at radius 1 is 0.413 bits per heavy atom. The number of ether oxygens (including phenoxy) is 9. The summed E-state index contributed by atoms with van der Waals surface area (Å²) < 4.78 is 60.0. The van der Waals surface area contributed by atoms with E-state index in [9.17, 15) is 43.2 Å². The van der Waals surface area contributed by atoms with Crippen molar-refractivity contribution in [1.82, 2.24) is 73.8 Å². The molecule has 1 atom stereocenters. The van der Waals surface area contributed by atoms with Crippen molar-refractivity contribution in [1.29, 1.82) is 0 Å². The average molecular weight is 1950 g/mol. The number of thiophene rings is 1. The molecule has 0 bridgehead atoms. The smallest absolute Gasteiger partial charge is 0.291 e. The SMILES string of the molecule is C=C(CCCCCCCCCCCCCCC)Nc1cn(C)c(C(=O)Nc2cc(C(=O)NCCC(=O)Nc3cn(C)c(C(=O)Nc4cc(C(=O)NCCC(=O)Nc5cn(C)c(C(=O)NCCC(=O)NCCOCCOCCOCCOCCOCCOCCOCCOCCOc6ccc(NC(=O)C[C@@H]7N=C(c8ccc(Cl)cc8)c8c(sc(C)c8C)-n8c(C)nnc87)cc6)n5)n(C)c4)n3)n(C)c2)n1. The van der Waals surface area contributed by atoms with Crippen LogP contribution in [-0.2, 0) is 92.3 Å². The zero-order chi connectivity index (χ0) is 98.5. The van der Waals surface area contributed by atoms with Crippen LogP contribution in [0.2, 0.25) is 5.02 Å². The van der Waals surface area contributed by atoms with Crippen LogP contribution < -0.4 is 57.9 Å². The summed E-state index contributed by atoms with van der Waals surface area (Å²) in [5.41, 5.74) is 6.27. The first-order valence-electron chi connectivity index (χ1n) is 47.0. The predicted octanol–water partition coefficient (Wildman–Crippen LogP) is 11.6. The number of nitrogens with zero attached hydrogens (tertiary/aromatic N) is 12. The molecule has 0 aliphatic carbocycles. The van der Waals surface area contributed by atoms with Gasteiger partial charge in [-0.15, -0.1) is 21.5 Å². The van der Waals surface area contributed by atoms with Gasteiger partial charge in [0.2, 0.25) is 41.1 Å². The maximum atomic E-state index is 13.6. The van der Waals surface area contributed by atoms with Crippen molar-refractivity contribution in [3.05, 3.63) is 171 Å². The van der Waals surface area contributed by atoms with Crippen molar-refractivity contribution in [2.24, 2.45) is 40.2 Å². The number of nitrogens with one attached hydrogen (secondary N) is 10. The van der Waals surface area contributed by atoms with Crippen LogP contribution >= 0.6 is 22.9 Å². The van der Waals surface area contributed by atoms with E-state index in [1.165, 1.54) is 115 Å². The molecule has 138 heavy (non-hydrogen) atoms. The van der Waals surface area contributed by atoms with E-state index in [-0.39, 0.29) is 116 Å². The number of benzene rings is 2. The number of amides is 9. The molecule has 0 spiro atoms. The summed E-state index contributed by atoms with van der Waals surface area (Å²) in [6.07, 6.45) is 24.9. The van der Waals surface area contributed by atoms with Crippen LogP contribution in [0.3, 0.4) is 0 Å². The molecule has 10 N–H and O–H groups in total. The van der Waals surface area contributed by atoms with Gasteiger partial charge in [-0.05, 0) is 87.7 Å². The lowest BCUT2D eigenvalue weighted by atomic mass is 9.99. The molecule has 9 amide bonds. The van der Waals surface area contributed by atoms with E-state index in [0.717, 1.165) is 63.1 Å². The fourth-order valence-corrected chi connectivity index (χ4v) is 16.1. The lowest BCUT2D eigenvalue weighted by Gasteiger charge is -2.13. The molecular weight excluding hydrogens is 1820 g/mol. The summed E-state index contributed by atoms with van der Waals surface area (Å²) in [4.78, 5) is 138. The summed E-state index contributed by atoms with van der Waals surface area (Å²) in [7, 11) is 8.12. The quantitative estimate of drug-likeness (QED) is 0.0158. The highest BCUT2D eigenvalue weighted by Gasteiger charge is 2.34. The first kappa shape index (κ1) is 108. The van der Waals surface area contributed by atoms with Crippen LogP contribution in [0.4, 0.5) is 34.5 Å². The second kappa shape index (κ2) is 57.8. The van der Waals surface area contributed by atoms with Crippen molar-refractivity contribution in [3.63, 3.8) is 0 Å². The highest BCUT2D eigenvalue weighted by molar-refractivity contribution is 7.15. The van der Waals surface area contributed by atoms with E-state index >= 15 is 0 Å². The standard InChI is InChI=1S/C96H133ClN22O18S/c1-11-12-13-14-15-16-17-18-19-20-21-22-23-24-65(2)102-78-62-117(9)89(109-78)94(127)104-72-57-76(114(6)60-72)91(124)100-38-35-83(122)108-80-64-118(10)90(111-80)95(128)105-73-58-77(115(7)61-73)92(125)99-37-34-82(121)107-79-63-116(8)88(110-79)93(126)101-36-33-81(120)98-39-40-129-41-42-130-43-44-131-45-46-132-47-48-133-49-50-134-51-52-135-53-54-136-55-56-137-74-31-29-71(30-32-74)103-84(123)59-75-87-113-112-68(5)119(87)96-85(66(3)67(4)138-96)86(106-75)69-25-27-70(97)28-26-69/h25-32,57-58,60-64,75,102H,2,11-24,33-56,59H2,1,3-10H3,(H,98,120)(H,99,125)(H,100,124)(H,101,126)(H,103,123)(H,104,127)(H,105,128)(H,107,121)(H,108,122)/t75-/m0/s1. The van der Waals surface area contributed by atoms with Crippen LogP contribution in [0.25, 0.3) is 5.00 Å². The fourth-order valence-electron chi connectivity index (χ4n) is 14.8. The molecule has 9 aromatic rings. The molecule has 1 aliphatic rings. The van der Waals surface area contributed by atoms with E-state index in [2.05, 4.69) is 106 Å². The molecule has 2 aromatic carbocycles. The zero-order valence-corrected chi connectivity index (χ0v) is 82.1. The number of aliphatic imine (C=N–C) groups is 1. The molecule has 0 saturated heterocycles. The van der Waals surface area contributed by atoms with Crippen molar-refractivity contribution in [2.75, 3.05) is 170 Å². The first-order chi connectivity index (χ1) is 66.8. The van der Waals surface area contributed by atoms with Crippen molar-refractivity contribution < 1.29 is 85.8 Å². The molecule has 8 heterocycles. The Morgan fingerprint density at radius 2 is 0.833 bits per heavy atom. The molecule has 10 rings (SSSR count). The largest absolute Gasteiger partial charge is 0.491 e. The van der Waals surface area contributed by atoms with Crippen LogP contribution in [0.1, 0.15) is 215 Å². The Hall–Kier alpha value is -12.3. The number of imidazole rings is 3. The van der Waals surface area contributed by atoms with Gasteiger partial charge < -0.3 is 119 Å². The van der Waals surface area contributed by atoms with Crippen LogP contribution in [0, 0.1) is 20.8 Å². The highest BCUT2D eigenvalue weighted by Crippen LogP contribution is 2.40. The number of hydrogen-bond acceptors (Lipinski definition) is 26. The Kier molecular flexibility index (Phi) is 45.1. The third-order valence-corrected chi connectivity index (χ3v) is 23.6. The van der Waals surface area contributed by atoms with Gasteiger partial charge in [-0.25, -0.2) is 15.0 Å². The van der Waals surface area contributed by atoms with Crippen molar-refractivity contribution >= 4 is 116 Å². The lowest BCUT2D eigenvalue weighted by Crippen LogP contribution is -2.33. The van der Waals surface area contributed by atoms with Gasteiger partial charge in [0.1, 0.15) is 46.4 Å². The summed E-state index contributed by atoms with van der Waals surface area (Å²) in [5, 5.41) is 38.3. The Bertz CT molecular complexity index is 5480. The van der Waals surface area contributed by atoms with Gasteiger partial charge in [-0.2, -0.15) is 0 Å². The third kappa shape index (κ3) is 35.6. The normalized spacial score (nSPS) is 12.2. The number of unbranched alkanes of at least 4 members (excludes halogenated alkanes) is 12. The summed E-state index contributed by atoms with van der Waals surface area (Å²) >= 11 is 7.92. The summed E-state index contributed by atoms with van der Waals surface area (Å²) in [5.74, 6) is -1.47. The predicted molar refractivity (Wildman–Crippen MR) is 526 cm³/mol. The van der Waals surface area contributed by atoms with Gasteiger partial charge in [-0.1, -0.05) is 114 Å². The van der Waals surface area contributed by atoms with Gasteiger partial charge in [0.15, 0.2) is 17.5 Å². The lowest BCUT2D eigenvalue weighted by molar-refractivity contribution is -0.121. The number of fused-ring (bicyclic) bond motifs is 3. The maximum Gasteiger partial charge on any atom is 0.291 e. The van der Waals surface area contributed by atoms with E-state index < -0.39 is 47.4 Å². The molecule has 748 valence electrons. The van der Waals surface area contributed by atoms with Gasteiger partial charge in [0.25, 0.3) is 29.5 Å². The van der Waals surface area contributed by atoms with Gasteiger partial charge >= 0.3 is 0 Å². The van der Waals surface area contributed by atoms with Crippen LogP contribution in [-0.4, -0.2) is 250 Å². The third-order valence-electron chi connectivity index (χ3n) is 22.1. The molecule has 0 unspecified atom stereocenters. The number of allylic oxidation sites excluding steroid dienone is 1. The Labute approximate surface area is 813 Å². The molecule has 42 heteroatoms. The number of aromatic nitrogens is 11. The van der Waals surface area contributed by atoms with E-state index in [1.54, 1.807) is 92.4 Å². The fraction of sp³-hybridized carbons (Fsp3) is 0.510. The molecule has 0 saturated carbocycles. The Morgan fingerprint density at radius 3 is 1.30 bits per heavy atom. The van der Waals surface area contributed by atoms with Crippen molar-refractivity contribution in [3.8, 4) is 10.8 Å². The van der Waals surface area contributed by atoms with E-state index in [0.29, 0.717) is 139 Å². The van der Waals surface area contributed by atoms with Gasteiger partial charge in [-0.3, -0.25) is 52.7 Å².